The lowest BCUT2D eigenvalue weighted by atomic mass is 9.89. The van der Waals surface area contributed by atoms with Crippen LogP contribution in [0.3, 0.4) is 0 Å². The van der Waals surface area contributed by atoms with Crippen molar-refractivity contribution in [3.05, 3.63) is 52.0 Å². The Bertz CT molecular complexity index is 819. The van der Waals surface area contributed by atoms with E-state index in [0.29, 0.717) is 18.3 Å². The molecule has 2 saturated heterocycles. The number of amides is 2. The second-order valence-corrected chi connectivity index (χ2v) is 8.35. The molecule has 0 aliphatic carbocycles. The molecule has 0 bridgehead atoms. The lowest BCUT2D eigenvalue weighted by Crippen LogP contribution is -2.37. The molecule has 1 aromatic carbocycles. The second-order valence-electron chi connectivity index (χ2n) is 7.28. The second kappa shape index (κ2) is 6.83. The van der Waals surface area contributed by atoms with E-state index >= 15 is 0 Å². The van der Waals surface area contributed by atoms with Crippen LogP contribution in [0, 0.1) is 18.8 Å². The predicted molar refractivity (Wildman–Crippen MR) is 101 cm³/mol. The number of hydrogen-bond donors (Lipinski definition) is 0. The maximum atomic E-state index is 12.7. The van der Waals surface area contributed by atoms with Gasteiger partial charge >= 0.3 is 0 Å². The molecule has 0 saturated carbocycles. The summed E-state index contributed by atoms with van der Waals surface area (Å²) in [6.45, 7) is 5.79. The van der Waals surface area contributed by atoms with Crippen LogP contribution < -0.4 is 0 Å². The Labute approximate surface area is 157 Å². The summed E-state index contributed by atoms with van der Waals surface area (Å²) in [5.74, 6) is 0.919. The van der Waals surface area contributed by atoms with Gasteiger partial charge in [-0.3, -0.25) is 9.59 Å². The third-order valence-corrected chi connectivity index (χ3v) is 6.38. The third kappa shape index (κ3) is 3.14. The van der Waals surface area contributed by atoms with Crippen molar-refractivity contribution in [2.24, 2.45) is 11.8 Å². The summed E-state index contributed by atoms with van der Waals surface area (Å²) in [5.41, 5.74) is 2.03. The van der Waals surface area contributed by atoms with Crippen molar-refractivity contribution in [3.8, 4) is 0 Å². The van der Waals surface area contributed by atoms with Crippen molar-refractivity contribution >= 4 is 23.2 Å². The summed E-state index contributed by atoms with van der Waals surface area (Å²) in [6.07, 6.45) is 0.371. The van der Waals surface area contributed by atoms with Crippen molar-refractivity contribution < 1.29 is 9.59 Å². The Kier molecular flexibility index (Phi) is 4.53. The molecular formula is C20H23N3O2S. The van der Waals surface area contributed by atoms with Crippen LogP contribution in [-0.4, -0.2) is 46.2 Å². The predicted octanol–water partition coefficient (Wildman–Crippen LogP) is 2.67. The Morgan fingerprint density at radius 3 is 2.62 bits per heavy atom. The Balaban J connectivity index is 1.51. The summed E-state index contributed by atoms with van der Waals surface area (Å²) in [4.78, 5) is 33.2. The SMILES string of the molecule is CC(=O)N1C[C@H]2CN(C(=O)Cc3csc(C)n3)C[C@H]2[C@@H]1c1ccccc1. The fourth-order valence-corrected chi connectivity index (χ4v) is 5.02. The Morgan fingerprint density at radius 2 is 1.96 bits per heavy atom. The van der Waals surface area contributed by atoms with Gasteiger partial charge in [0, 0.05) is 43.8 Å². The largest absolute Gasteiger partial charge is 0.342 e. The highest BCUT2D eigenvalue weighted by Gasteiger charge is 2.49. The highest BCUT2D eigenvalue weighted by molar-refractivity contribution is 7.09. The minimum atomic E-state index is 0.0676. The van der Waals surface area contributed by atoms with Crippen molar-refractivity contribution in [1.29, 1.82) is 0 Å². The van der Waals surface area contributed by atoms with E-state index < -0.39 is 0 Å². The number of hydrogen-bond acceptors (Lipinski definition) is 4. The van der Waals surface area contributed by atoms with Crippen molar-refractivity contribution in [2.75, 3.05) is 19.6 Å². The van der Waals surface area contributed by atoms with Crippen LogP contribution in [0.1, 0.15) is 29.2 Å². The number of aryl methyl sites for hydroxylation is 1. The van der Waals surface area contributed by atoms with Gasteiger partial charge in [0.05, 0.1) is 23.2 Å². The quantitative estimate of drug-likeness (QED) is 0.836. The van der Waals surface area contributed by atoms with Crippen LogP contribution in [0.25, 0.3) is 0 Å². The van der Waals surface area contributed by atoms with Gasteiger partial charge in [-0.15, -0.1) is 11.3 Å². The van der Waals surface area contributed by atoms with Crippen molar-refractivity contribution in [2.45, 2.75) is 26.3 Å². The lowest BCUT2D eigenvalue weighted by molar-refractivity contribution is -0.131. The molecule has 2 aliphatic rings. The maximum Gasteiger partial charge on any atom is 0.228 e. The van der Waals surface area contributed by atoms with Crippen LogP contribution >= 0.6 is 11.3 Å². The van der Waals surface area contributed by atoms with E-state index in [1.807, 2.05) is 40.3 Å². The summed E-state index contributed by atoms with van der Waals surface area (Å²) in [5, 5.41) is 2.96. The minimum Gasteiger partial charge on any atom is -0.342 e. The van der Waals surface area contributed by atoms with Gasteiger partial charge in [-0.2, -0.15) is 0 Å². The van der Waals surface area contributed by atoms with E-state index in [9.17, 15) is 9.59 Å². The first-order valence-corrected chi connectivity index (χ1v) is 9.92. The molecule has 3 heterocycles. The van der Waals surface area contributed by atoms with E-state index in [1.165, 1.54) is 5.56 Å². The van der Waals surface area contributed by atoms with E-state index in [1.54, 1.807) is 18.3 Å². The number of aromatic nitrogens is 1. The number of likely N-dealkylation sites (tertiary alicyclic amines) is 2. The fraction of sp³-hybridized carbons (Fsp3) is 0.450. The first kappa shape index (κ1) is 17.2. The maximum absolute atomic E-state index is 12.7. The number of carbonyl (C=O) groups is 2. The van der Waals surface area contributed by atoms with Crippen LogP contribution in [0.4, 0.5) is 0 Å². The van der Waals surface area contributed by atoms with Gasteiger partial charge in [0.1, 0.15) is 0 Å². The van der Waals surface area contributed by atoms with E-state index in [2.05, 4.69) is 17.1 Å². The standard InChI is InChI=1S/C20H23N3O2S/c1-13-21-17(12-26-13)8-19(25)22-9-16-10-23(14(2)24)20(18(16)11-22)15-6-4-3-5-7-15/h3-7,12,16,18,20H,8-11H2,1-2H3/t16-,18-,20+/m1/s1. The molecule has 2 fully saturated rings. The van der Waals surface area contributed by atoms with Gasteiger partial charge in [-0.25, -0.2) is 4.98 Å². The normalized spacial score (nSPS) is 24.8. The lowest BCUT2D eigenvalue weighted by Gasteiger charge is -2.29. The number of carbonyl (C=O) groups excluding carboxylic acids is 2. The highest BCUT2D eigenvalue weighted by Crippen LogP contribution is 2.45. The molecule has 4 rings (SSSR count). The molecule has 0 spiro atoms. The molecule has 0 radical (unpaired) electrons. The summed E-state index contributed by atoms with van der Waals surface area (Å²) >= 11 is 1.58. The molecular weight excluding hydrogens is 346 g/mol. The molecule has 3 atom stereocenters. The summed E-state index contributed by atoms with van der Waals surface area (Å²) in [7, 11) is 0. The Hall–Kier alpha value is -2.21. The molecule has 0 unspecified atom stereocenters. The van der Waals surface area contributed by atoms with E-state index in [4.69, 9.17) is 0 Å². The van der Waals surface area contributed by atoms with Crippen LogP contribution in [0.5, 0.6) is 0 Å². The van der Waals surface area contributed by atoms with Crippen molar-refractivity contribution in [1.82, 2.24) is 14.8 Å². The summed E-state index contributed by atoms with van der Waals surface area (Å²) in [6, 6.07) is 10.3. The molecule has 26 heavy (non-hydrogen) atoms. The van der Waals surface area contributed by atoms with Gasteiger partial charge in [0.2, 0.25) is 11.8 Å². The molecule has 1 aromatic heterocycles. The highest BCUT2D eigenvalue weighted by atomic mass is 32.1. The minimum absolute atomic E-state index is 0.0676. The van der Waals surface area contributed by atoms with Gasteiger partial charge in [-0.05, 0) is 12.5 Å². The number of rotatable bonds is 3. The molecule has 5 nitrogen and oxygen atoms in total. The van der Waals surface area contributed by atoms with Gasteiger partial charge in [0.25, 0.3) is 0 Å². The molecule has 6 heteroatoms. The molecule has 0 N–H and O–H groups in total. The van der Waals surface area contributed by atoms with Crippen LogP contribution in [0.2, 0.25) is 0 Å². The zero-order valence-corrected chi connectivity index (χ0v) is 15.9. The molecule has 136 valence electrons. The van der Waals surface area contributed by atoms with Gasteiger partial charge in [0.15, 0.2) is 0 Å². The Morgan fingerprint density at radius 1 is 1.19 bits per heavy atom. The van der Waals surface area contributed by atoms with Crippen LogP contribution in [0.15, 0.2) is 35.7 Å². The molecule has 2 aliphatic heterocycles. The number of fused-ring (bicyclic) bond motifs is 1. The average Bonchev–Trinajstić information content (AvgIpc) is 3.29. The first-order chi connectivity index (χ1) is 12.5. The zero-order valence-electron chi connectivity index (χ0n) is 15.1. The fourth-order valence-electron chi connectivity index (χ4n) is 4.41. The average molecular weight is 369 g/mol. The van der Waals surface area contributed by atoms with E-state index in [-0.39, 0.29) is 17.9 Å². The van der Waals surface area contributed by atoms with Gasteiger partial charge in [-0.1, -0.05) is 30.3 Å². The zero-order chi connectivity index (χ0) is 18.3. The third-order valence-electron chi connectivity index (χ3n) is 5.56. The topological polar surface area (TPSA) is 53.5 Å². The smallest absolute Gasteiger partial charge is 0.228 e. The summed E-state index contributed by atoms with van der Waals surface area (Å²) < 4.78 is 0. The monoisotopic (exact) mass is 369 g/mol. The number of benzene rings is 1. The van der Waals surface area contributed by atoms with Crippen molar-refractivity contribution in [3.63, 3.8) is 0 Å². The van der Waals surface area contributed by atoms with Crippen LogP contribution in [-0.2, 0) is 16.0 Å². The first-order valence-electron chi connectivity index (χ1n) is 9.04. The molecule has 2 aromatic rings. The van der Waals surface area contributed by atoms with Gasteiger partial charge < -0.3 is 9.80 Å². The number of nitrogens with zero attached hydrogens (tertiary/aromatic N) is 3. The van der Waals surface area contributed by atoms with E-state index in [0.717, 1.165) is 30.3 Å². The number of thiazole rings is 1. The molecule has 2 amide bonds.